The molecule has 0 saturated carbocycles. The smallest absolute Gasteiger partial charge is 0.319 e. The van der Waals surface area contributed by atoms with Gasteiger partial charge in [0.15, 0.2) is 0 Å². The van der Waals surface area contributed by atoms with Crippen molar-refractivity contribution >= 4 is 23.3 Å². The van der Waals surface area contributed by atoms with Crippen molar-refractivity contribution in [3.05, 3.63) is 64.4 Å². The number of nitrogens with one attached hydrogen (secondary N) is 2. The van der Waals surface area contributed by atoms with Gasteiger partial charge in [-0.2, -0.15) is 0 Å². The number of ether oxygens (including phenoxy) is 1. The van der Waals surface area contributed by atoms with Crippen LogP contribution in [0.4, 0.5) is 14.9 Å². The third-order valence-corrected chi connectivity index (χ3v) is 5.12. The largest absolute Gasteiger partial charge is 0.376 e. The van der Waals surface area contributed by atoms with Gasteiger partial charge in [0.05, 0.1) is 18.8 Å². The predicted octanol–water partition coefficient (Wildman–Crippen LogP) is 4.04. The molecule has 0 bridgehead atoms. The number of urea groups is 1. The van der Waals surface area contributed by atoms with Gasteiger partial charge in [0.25, 0.3) is 0 Å². The Morgan fingerprint density at radius 1 is 1.41 bits per heavy atom. The van der Waals surface area contributed by atoms with Crippen molar-refractivity contribution in [1.29, 1.82) is 0 Å². The first-order valence-corrected chi connectivity index (χ1v) is 9.77. The Morgan fingerprint density at radius 2 is 2.21 bits per heavy atom. The Morgan fingerprint density at radius 3 is 2.93 bits per heavy atom. The van der Waals surface area contributed by atoms with Crippen molar-refractivity contribution in [2.75, 3.05) is 31.6 Å². The van der Waals surface area contributed by atoms with Gasteiger partial charge in [-0.15, -0.1) is 6.42 Å². The van der Waals surface area contributed by atoms with E-state index >= 15 is 0 Å². The number of terminal acetylenes is 1. The second-order valence-electron chi connectivity index (χ2n) is 6.89. The van der Waals surface area contributed by atoms with E-state index in [1.807, 2.05) is 6.92 Å². The Labute approximate surface area is 175 Å². The number of carbonyl (C=O) groups is 1. The molecule has 0 aromatic heterocycles. The van der Waals surface area contributed by atoms with E-state index in [1.54, 1.807) is 36.4 Å². The summed E-state index contributed by atoms with van der Waals surface area (Å²) < 4.78 is 20.2. The van der Waals surface area contributed by atoms with Crippen LogP contribution in [0.15, 0.2) is 42.5 Å². The lowest BCUT2D eigenvalue weighted by atomic mass is 10.0. The molecule has 2 atom stereocenters. The summed E-state index contributed by atoms with van der Waals surface area (Å²) in [4.78, 5) is 14.5. The zero-order chi connectivity index (χ0) is 20.8. The maximum Gasteiger partial charge on any atom is 0.319 e. The average Bonchev–Trinajstić information content (AvgIpc) is 2.70. The monoisotopic (exact) mass is 415 g/mol. The van der Waals surface area contributed by atoms with Crippen LogP contribution >= 0.6 is 11.6 Å². The predicted molar refractivity (Wildman–Crippen MR) is 113 cm³/mol. The minimum absolute atomic E-state index is 0.0112. The molecule has 29 heavy (non-hydrogen) atoms. The molecule has 2 aromatic carbocycles. The minimum Gasteiger partial charge on any atom is -0.376 e. The van der Waals surface area contributed by atoms with Crippen molar-refractivity contribution in [3.8, 4) is 12.3 Å². The van der Waals surface area contributed by atoms with E-state index in [2.05, 4.69) is 21.5 Å². The number of rotatable bonds is 5. The highest BCUT2D eigenvalue weighted by Crippen LogP contribution is 2.31. The Bertz CT molecular complexity index is 895. The average molecular weight is 416 g/mol. The summed E-state index contributed by atoms with van der Waals surface area (Å²) in [7, 11) is 0. The van der Waals surface area contributed by atoms with E-state index in [9.17, 15) is 9.18 Å². The van der Waals surface area contributed by atoms with Gasteiger partial charge >= 0.3 is 6.03 Å². The number of carbonyl (C=O) groups excluding carboxylic acids is 1. The summed E-state index contributed by atoms with van der Waals surface area (Å²) in [5.74, 6) is 2.13. The van der Waals surface area contributed by atoms with Crippen LogP contribution < -0.4 is 10.6 Å². The highest BCUT2D eigenvalue weighted by molar-refractivity contribution is 6.31. The molecule has 5 nitrogen and oxygen atoms in total. The first kappa shape index (κ1) is 21.1. The summed E-state index contributed by atoms with van der Waals surface area (Å²) in [6.45, 7) is 3.92. The van der Waals surface area contributed by atoms with E-state index in [0.29, 0.717) is 41.5 Å². The molecule has 1 fully saturated rings. The number of anilines is 1. The molecule has 1 heterocycles. The Hall–Kier alpha value is -2.59. The van der Waals surface area contributed by atoms with Crippen molar-refractivity contribution in [1.82, 2.24) is 10.2 Å². The lowest BCUT2D eigenvalue weighted by Crippen LogP contribution is -2.47. The Kier molecular flexibility index (Phi) is 7.10. The van der Waals surface area contributed by atoms with Gasteiger partial charge in [-0.1, -0.05) is 29.7 Å². The topological polar surface area (TPSA) is 53.6 Å². The molecule has 1 saturated heterocycles. The lowest BCUT2D eigenvalue weighted by Gasteiger charge is -2.38. The maximum absolute atomic E-state index is 14.6. The van der Waals surface area contributed by atoms with E-state index in [-0.39, 0.29) is 12.6 Å². The second-order valence-corrected chi connectivity index (χ2v) is 7.29. The third kappa shape index (κ3) is 5.48. The van der Waals surface area contributed by atoms with Crippen LogP contribution in [0.2, 0.25) is 5.02 Å². The third-order valence-electron chi connectivity index (χ3n) is 4.79. The molecular formula is C22H23ClFN3O2. The van der Waals surface area contributed by atoms with E-state index in [4.69, 9.17) is 22.8 Å². The number of amides is 2. The highest BCUT2D eigenvalue weighted by Gasteiger charge is 2.29. The summed E-state index contributed by atoms with van der Waals surface area (Å²) in [6.07, 6.45) is 5.40. The molecule has 2 N–H and O–H groups in total. The summed E-state index contributed by atoms with van der Waals surface area (Å²) in [6, 6.07) is 10.8. The summed E-state index contributed by atoms with van der Waals surface area (Å²) >= 11 is 6.31. The fourth-order valence-corrected chi connectivity index (χ4v) is 3.71. The van der Waals surface area contributed by atoms with E-state index < -0.39 is 17.9 Å². The van der Waals surface area contributed by atoms with Crippen molar-refractivity contribution < 1.29 is 13.9 Å². The molecule has 0 spiro atoms. The van der Waals surface area contributed by atoms with Crippen LogP contribution in [0.3, 0.4) is 0 Å². The van der Waals surface area contributed by atoms with Crippen molar-refractivity contribution in [3.63, 3.8) is 0 Å². The number of benzene rings is 2. The number of nitrogens with zero attached hydrogens (tertiary/aromatic N) is 1. The van der Waals surface area contributed by atoms with Crippen LogP contribution in [0.25, 0.3) is 0 Å². The molecule has 1 aliphatic heterocycles. The van der Waals surface area contributed by atoms with Crippen LogP contribution in [0.5, 0.6) is 0 Å². The van der Waals surface area contributed by atoms with Crippen LogP contribution in [-0.4, -0.2) is 43.3 Å². The molecule has 152 valence electrons. The van der Waals surface area contributed by atoms with Gasteiger partial charge in [-0.05, 0) is 37.3 Å². The SMILES string of the molecule is C#Cc1cccc(NC(=O)NC[C@H](c2c(F)cccc2Cl)N2CCO[C@H](C)C2)c1. The molecule has 7 heteroatoms. The van der Waals surface area contributed by atoms with Crippen molar-refractivity contribution in [2.45, 2.75) is 19.1 Å². The first-order chi connectivity index (χ1) is 14.0. The normalized spacial score (nSPS) is 17.9. The zero-order valence-electron chi connectivity index (χ0n) is 16.1. The summed E-state index contributed by atoms with van der Waals surface area (Å²) in [5, 5.41) is 5.90. The van der Waals surface area contributed by atoms with E-state index in [0.717, 1.165) is 0 Å². The second kappa shape index (κ2) is 9.75. The number of morpholine rings is 1. The van der Waals surface area contributed by atoms with Crippen LogP contribution in [0.1, 0.15) is 24.1 Å². The van der Waals surface area contributed by atoms with Gasteiger partial charge in [0.2, 0.25) is 0 Å². The number of hydrogen-bond donors (Lipinski definition) is 2. The molecule has 0 unspecified atom stereocenters. The molecule has 2 aromatic rings. The highest BCUT2D eigenvalue weighted by atomic mass is 35.5. The number of hydrogen-bond acceptors (Lipinski definition) is 3. The molecule has 0 radical (unpaired) electrons. The van der Waals surface area contributed by atoms with Gasteiger partial charge in [-0.3, -0.25) is 4.90 Å². The summed E-state index contributed by atoms with van der Waals surface area (Å²) in [5.41, 5.74) is 1.62. The van der Waals surface area contributed by atoms with Gasteiger partial charge in [0.1, 0.15) is 5.82 Å². The zero-order valence-corrected chi connectivity index (χ0v) is 16.9. The molecular weight excluding hydrogens is 393 g/mol. The first-order valence-electron chi connectivity index (χ1n) is 9.39. The minimum atomic E-state index is -0.419. The Balaban J connectivity index is 1.74. The van der Waals surface area contributed by atoms with Crippen LogP contribution in [0, 0.1) is 18.2 Å². The molecule has 3 rings (SSSR count). The van der Waals surface area contributed by atoms with Gasteiger partial charge in [-0.25, -0.2) is 9.18 Å². The number of halogens is 2. The standard InChI is InChI=1S/C22H23ClFN3O2/c1-3-16-6-4-7-17(12-16)26-22(28)25-13-20(27-10-11-29-15(2)14-27)21-18(23)8-5-9-19(21)24/h1,4-9,12,15,20H,10-11,13-14H2,2H3,(H2,25,26,28)/t15-,20-/m1/s1. The lowest BCUT2D eigenvalue weighted by molar-refractivity contribution is -0.0344. The molecule has 1 aliphatic rings. The fourth-order valence-electron chi connectivity index (χ4n) is 3.42. The quantitative estimate of drug-likeness (QED) is 0.724. The van der Waals surface area contributed by atoms with Gasteiger partial charge in [0, 0.05) is 41.5 Å². The fraction of sp³-hybridized carbons (Fsp3) is 0.318. The molecule has 2 amide bonds. The van der Waals surface area contributed by atoms with E-state index in [1.165, 1.54) is 6.07 Å². The van der Waals surface area contributed by atoms with Crippen LogP contribution in [-0.2, 0) is 4.74 Å². The maximum atomic E-state index is 14.6. The molecule has 0 aliphatic carbocycles. The van der Waals surface area contributed by atoms with Gasteiger partial charge < -0.3 is 15.4 Å². The van der Waals surface area contributed by atoms with Crippen molar-refractivity contribution in [2.24, 2.45) is 0 Å².